The Hall–Kier alpha value is -2.99. The maximum absolute atomic E-state index is 5.30. The summed E-state index contributed by atoms with van der Waals surface area (Å²) < 4.78 is 5.30. The minimum absolute atomic E-state index is 0.618. The molecule has 0 saturated carbocycles. The van der Waals surface area contributed by atoms with Crippen molar-refractivity contribution < 1.29 is 4.52 Å². The number of likely N-dealkylation sites (tertiary alicyclic amines) is 1. The number of fused-ring (bicyclic) bond motifs is 1. The molecule has 1 saturated heterocycles. The second kappa shape index (κ2) is 7.44. The van der Waals surface area contributed by atoms with Crippen LogP contribution in [0.15, 0.2) is 47.4 Å². The number of aromatic amines is 1. The summed E-state index contributed by atoms with van der Waals surface area (Å²) >= 11 is 0. The van der Waals surface area contributed by atoms with Crippen LogP contribution >= 0.6 is 0 Å². The van der Waals surface area contributed by atoms with E-state index >= 15 is 0 Å². The summed E-state index contributed by atoms with van der Waals surface area (Å²) in [6.07, 6.45) is 5.99. The molecule has 148 valence electrons. The molecule has 6 heteroatoms. The van der Waals surface area contributed by atoms with E-state index in [9.17, 15) is 0 Å². The van der Waals surface area contributed by atoms with Gasteiger partial charge >= 0.3 is 0 Å². The van der Waals surface area contributed by atoms with E-state index in [1.165, 1.54) is 22.9 Å². The normalized spacial score (nSPS) is 17.4. The second-order valence-corrected chi connectivity index (χ2v) is 8.05. The van der Waals surface area contributed by atoms with Crippen molar-refractivity contribution in [3.8, 4) is 11.3 Å². The first-order valence-electron chi connectivity index (χ1n) is 10.2. The monoisotopic (exact) mass is 387 g/mol. The van der Waals surface area contributed by atoms with E-state index in [1.807, 2.05) is 13.8 Å². The zero-order valence-corrected chi connectivity index (χ0v) is 16.9. The molecule has 1 fully saturated rings. The highest BCUT2D eigenvalue weighted by Gasteiger charge is 2.24. The highest BCUT2D eigenvalue weighted by molar-refractivity contribution is 5.82. The molecule has 1 atom stereocenters. The Morgan fingerprint density at radius 3 is 2.97 bits per heavy atom. The molecule has 3 aromatic heterocycles. The topological polar surface area (TPSA) is 70.8 Å². The molecule has 0 radical (unpaired) electrons. The summed E-state index contributed by atoms with van der Waals surface area (Å²) in [5.74, 6) is 1.42. The van der Waals surface area contributed by atoms with Gasteiger partial charge in [-0.25, -0.2) is 9.97 Å². The zero-order chi connectivity index (χ0) is 19.8. The van der Waals surface area contributed by atoms with E-state index in [0.29, 0.717) is 5.92 Å². The molecule has 1 N–H and O–H groups in total. The fourth-order valence-corrected chi connectivity index (χ4v) is 4.52. The van der Waals surface area contributed by atoms with Crippen molar-refractivity contribution in [3.05, 3.63) is 65.6 Å². The zero-order valence-electron chi connectivity index (χ0n) is 16.9. The Balaban J connectivity index is 1.26. The van der Waals surface area contributed by atoms with Crippen LogP contribution in [0, 0.1) is 19.8 Å². The summed E-state index contributed by atoms with van der Waals surface area (Å²) in [6, 6.07) is 10.6. The van der Waals surface area contributed by atoms with Crippen LogP contribution < -0.4 is 0 Å². The summed E-state index contributed by atoms with van der Waals surface area (Å²) in [4.78, 5) is 14.9. The van der Waals surface area contributed by atoms with Gasteiger partial charge in [0.15, 0.2) is 0 Å². The van der Waals surface area contributed by atoms with Gasteiger partial charge in [0.05, 0.1) is 17.0 Å². The predicted molar refractivity (Wildman–Crippen MR) is 112 cm³/mol. The van der Waals surface area contributed by atoms with Gasteiger partial charge in [0.1, 0.15) is 12.1 Å². The minimum atomic E-state index is 0.618. The van der Waals surface area contributed by atoms with Crippen LogP contribution in [0.5, 0.6) is 0 Å². The van der Waals surface area contributed by atoms with Gasteiger partial charge in [-0.3, -0.25) is 4.90 Å². The summed E-state index contributed by atoms with van der Waals surface area (Å²) in [7, 11) is 0. The lowest BCUT2D eigenvalue weighted by Gasteiger charge is -2.15. The van der Waals surface area contributed by atoms with Gasteiger partial charge in [0.2, 0.25) is 0 Å². The smallest absolute Gasteiger partial charge is 0.143 e. The highest BCUT2D eigenvalue weighted by atomic mass is 16.5. The third kappa shape index (κ3) is 3.56. The Bertz CT molecular complexity index is 1130. The third-order valence-electron chi connectivity index (χ3n) is 5.95. The van der Waals surface area contributed by atoms with Gasteiger partial charge in [0.25, 0.3) is 0 Å². The molecule has 4 aromatic rings. The standard InChI is InChI=1S/C23H25N5O/c1-15-23(16(2)29-27-15)22-10-19(25-14-26-22)9-17-7-8-28(12-17)13-18-11-24-21-6-4-3-5-20(18)21/h3-6,10-11,14,17,24H,7-9,12-13H2,1-2H3/t17-/m0/s1. The van der Waals surface area contributed by atoms with Crippen molar-refractivity contribution in [2.45, 2.75) is 33.2 Å². The first-order chi connectivity index (χ1) is 14.2. The van der Waals surface area contributed by atoms with Crippen LogP contribution in [0.3, 0.4) is 0 Å². The Morgan fingerprint density at radius 2 is 2.10 bits per heavy atom. The lowest BCUT2D eigenvalue weighted by Crippen LogP contribution is -2.20. The number of aromatic nitrogens is 4. The summed E-state index contributed by atoms with van der Waals surface area (Å²) in [5, 5.41) is 5.38. The number of benzene rings is 1. The summed E-state index contributed by atoms with van der Waals surface area (Å²) in [5.41, 5.74) is 6.45. The van der Waals surface area contributed by atoms with E-state index in [0.717, 1.165) is 54.5 Å². The quantitative estimate of drug-likeness (QED) is 0.553. The Labute approximate surface area is 170 Å². The van der Waals surface area contributed by atoms with Crippen molar-refractivity contribution in [2.75, 3.05) is 13.1 Å². The maximum atomic E-state index is 5.30. The minimum Gasteiger partial charge on any atom is -0.361 e. The van der Waals surface area contributed by atoms with E-state index in [2.05, 4.69) is 61.5 Å². The molecule has 1 aliphatic heterocycles. The van der Waals surface area contributed by atoms with Crippen molar-refractivity contribution >= 4 is 10.9 Å². The predicted octanol–water partition coefficient (Wildman–Crippen LogP) is 4.29. The molecule has 0 unspecified atom stereocenters. The molecule has 0 amide bonds. The summed E-state index contributed by atoms with van der Waals surface area (Å²) in [6.45, 7) is 7.11. The average molecular weight is 387 g/mol. The number of aryl methyl sites for hydroxylation is 2. The van der Waals surface area contributed by atoms with Gasteiger partial charge in [0, 0.05) is 35.9 Å². The van der Waals surface area contributed by atoms with E-state index in [1.54, 1.807) is 6.33 Å². The molecule has 29 heavy (non-hydrogen) atoms. The third-order valence-corrected chi connectivity index (χ3v) is 5.95. The fourth-order valence-electron chi connectivity index (χ4n) is 4.52. The van der Waals surface area contributed by atoms with Crippen molar-refractivity contribution in [1.82, 2.24) is 25.0 Å². The van der Waals surface area contributed by atoms with E-state index in [4.69, 9.17) is 4.52 Å². The molecule has 0 aliphatic carbocycles. The Morgan fingerprint density at radius 1 is 1.21 bits per heavy atom. The average Bonchev–Trinajstić information content (AvgIpc) is 3.43. The van der Waals surface area contributed by atoms with Crippen LogP contribution in [0.4, 0.5) is 0 Å². The number of hydrogen-bond donors (Lipinski definition) is 1. The number of para-hydroxylation sites is 1. The van der Waals surface area contributed by atoms with Crippen molar-refractivity contribution in [1.29, 1.82) is 0 Å². The van der Waals surface area contributed by atoms with Gasteiger partial charge in [-0.1, -0.05) is 23.4 Å². The highest BCUT2D eigenvalue weighted by Crippen LogP contribution is 2.28. The van der Waals surface area contributed by atoms with Crippen LogP contribution in [0.25, 0.3) is 22.2 Å². The molecule has 1 aliphatic rings. The molecule has 0 bridgehead atoms. The van der Waals surface area contributed by atoms with Crippen molar-refractivity contribution in [2.24, 2.45) is 5.92 Å². The van der Waals surface area contributed by atoms with Crippen molar-refractivity contribution in [3.63, 3.8) is 0 Å². The maximum Gasteiger partial charge on any atom is 0.143 e. The SMILES string of the molecule is Cc1noc(C)c1-c1cc(C[C@@H]2CCN(Cc3c[nH]c4ccccc34)C2)ncn1. The van der Waals surface area contributed by atoms with Crippen LogP contribution in [-0.4, -0.2) is 38.1 Å². The molecule has 5 rings (SSSR count). The molecule has 0 spiro atoms. The van der Waals surface area contributed by atoms with E-state index in [-0.39, 0.29) is 0 Å². The first kappa shape index (κ1) is 18.1. The largest absolute Gasteiger partial charge is 0.361 e. The number of nitrogens with zero attached hydrogens (tertiary/aromatic N) is 4. The number of hydrogen-bond acceptors (Lipinski definition) is 5. The van der Waals surface area contributed by atoms with Crippen LogP contribution in [0.1, 0.15) is 29.1 Å². The lowest BCUT2D eigenvalue weighted by atomic mass is 10.0. The molecular formula is C23H25N5O. The van der Waals surface area contributed by atoms with Gasteiger partial charge in [-0.15, -0.1) is 0 Å². The van der Waals surface area contributed by atoms with Gasteiger partial charge in [-0.05, 0) is 56.8 Å². The van der Waals surface area contributed by atoms with Crippen LogP contribution in [-0.2, 0) is 13.0 Å². The Kier molecular flexibility index (Phi) is 4.64. The second-order valence-electron chi connectivity index (χ2n) is 8.05. The number of nitrogens with one attached hydrogen (secondary N) is 1. The fraction of sp³-hybridized carbons (Fsp3) is 0.348. The lowest BCUT2D eigenvalue weighted by molar-refractivity contribution is 0.317. The molecule has 4 heterocycles. The molecule has 6 nitrogen and oxygen atoms in total. The van der Waals surface area contributed by atoms with Gasteiger partial charge < -0.3 is 9.51 Å². The van der Waals surface area contributed by atoms with Gasteiger partial charge in [-0.2, -0.15) is 0 Å². The molecule has 1 aromatic carbocycles. The first-order valence-corrected chi connectivity index (χ1v) is 10.2. The van der Waals surface area contributed by atoms with Crippen LogP contribution in [0.2, 0.25) is 0 Å². The number of H-pyrrole nitrogens is 1. The molecular weight excluding hydrogens is 362 g/mol. The van der Waals surface area contributed by atoms with E-state index < -0.39 is 0 Å². The number of rotatable bonds is 5.